The van der Waals surface area contributed by atoms with Crippen molar-refractivity contribution >= 4 is 43.2 Å². The summed E-state index contributed by atoms with van der Waals surface area (Å²) in [6, 6.07) is 31.3. The highest BCUT2D eigenvalue weighted by Crippen LogP contribution is 2.55. The zero-order valence-corrected chi connectivity index (χ0v) is 18.6. The summed E-state index contributed by atoms with van der Waals surface area (Å²) in [5.74, 6) is 1.01. The van der Waals surface area contributed by atoms with Gasteiger partial charge in [0.05, 0.1) is 5.56 Å². The van der Waals surface area contributed by atoms with Gasteiger partial charge in [-0.3, -0.25) is 0 Å². The quantitative estimate of drug-likeness (QED) is 0.185. The minimum atomic E-state index is -0.114. The van der Waals surface area contributed by atoms with Crippen molar-refractivity contribution in [1.29, 1.82) is 0 Å². The molecule has 2 heteroatoms. The van der Waals surface area contributed by atoms with Gasteiger partial charge in [-0.1, -0.05) is 62.4 Å². The van der Waals surface area contributed by atoms with Crippen LogP contribution in [0.15, 0.2) is 84.9 Å². The molecule has 6 aromatic rings. The summed E-state index contributed by atoms with van der Waals surface area (Å²) in [5.41, 5.74) is 6.51. The Kier molecular flexibility index (Phi) is 3.05. The van der Waals surface area contributed by atoms with E-state index in [-0.39, 0.29) is 5.41 Å². The summed E-state index contributed by atoms with van der Waals surface area (Å²) in [4.78, 5) is 0. The molecule has 0 saturated heterocycles. The van der Waals surface area contributed by atoms with E-state index in [1.54, 1.807) is 0 Å². The van der Waals surface area contributed by atoms with Crippen LogP contribution >= 0.6 is 0 Å². The number of hydrogen-bond donors (Lipinski definition) is 0. The van der Waals surface area contributed by atoms with E-state index in [0.29, 0.717) is 6.73 Å². The van der Waals surface area contributed by atoms with Gasteiger partial charge in [-0.2, -0.15) is 4.57 Å². The van der Waals surface area contributed by atoms with Gasteiger partial charge in [0.1, 0.15) is 5.75 Å². The summed E-state index contributed by atoms with van der Waals surface area (Å²) in [6.07, 6.45) is 0. The lowest BCUT2D eigenvalue weighted by atomic mass is 9.79. The van der Waals surface area contributed by atoms with E-state index in [2.05, 4.69) is 103 Å². The van der Waals surface area contributed by atoms with Gasteiger partial charge in [0.25, 0.3) is 6.73 Å². The topological polar surface area (TPSA) is 13.1 Å². The van der Waals surface area contributed by atoms with Gasteiger partial charge in [0.2, 0.25) is 11.2 Å². The Morgan fingerprint density at radius 3 is 2.06 bits per heavy atom. The smallest absolute Gasteiger partial charge is 0.293 e. The molecule has 0 spiro atoms. The Morgan fingerprint density at radius 2 is 1.33 bits per heavy atom. The third kappa shape index (κ3) is 2.11. The second-order valence-corrected chi connectivity index (χ2v) is 10.0. The van der Waals surface area contributed by atoms with Crippen molar-refractivity contribution < 1.29 is 9.30 Å². The Hall–Kier alpha value is -3.91. The standard InChI is InChI=1S/C31H22NO/c1-31(2)25-14-23-12-19-8-4-6-10-21(19)15-26(23)32-17-33-27-16-22-11-18-7-3-5-9-20(18)13-24(22)29(31)28(27)30(25)32/h3-16H,17H2,1-2H3/q+1. The fourth-order valence-electron chi connectivity index (χ4n) is 6.30. The predicted octanol–water partition coefficient (Wildman–Crippen LogP) is 7.24. The molecule has 8 rings (SSSR count). The molecule has 0 amide bonds. The lowest BCUT2D eigenvalue weighted by Crippen LogP contribution is -2.42. The van der Waals surface area contributed by atoms with E-state index in [9.17, 15) is 0 Å². The maximum atomic E-state index is 6.46. The summed E-state index contributed by atoms with van der Waals surface area (Å²) >= 11 is 0. The first-order valence-corrected chi connectivity index (χ1v) is 11.6. The molecule has 33 heavy (non-hydrogen) atoms. The second-order valence-electron chi connectivity index (χ2n) is 10.0. The minimum Gasteiger partial charge on any atom is -0.435 e. The molecule has 0 fully saturated rings. The van der Waals surface area contributed by atoms with Crippen molar-refractivity contribution in [3.8, 4) is 17.0 Å². The first kappa shape index (κ1) is 17.6. The SMILES string of the molecule is CC1(C)c2cc3cc4ccccc4cc3[n+]3c2-c2c(cc4cc5ccccc5cc4c21)OC3. The Bertz CT molecular complexity index is 1840. The molecule has 0 bridgehead atoms. The van der Waals surface area contributed by atoms with Crippen LogP contribution in [0.25, 0.3) is 54.5 Å². The first-order valence-electron chi connectivity index (χ1n) is 11.6. The van der Waals surface area contributed by atoms with Gasteiger partial charge >= 0.3 is 0 Å². The van der Waals surface area contributed by atoms with E-state index in [1.165, 1.54) is 65.6 Å². The summed E-state index contributed by atoms with van der Waals surface area (Å²) in [5, 5.41) is 8.97. The zero-order valence-electron chi connectivity index (χ0n) is 18.6. The largest absolute Gasteiger partial charge is 0.435 e. The highest BCUT2D eigenvalue weighted by Gasteiger charge is 2.47. The van der Waals surface area contributed by atoms with Gasteiger partial charge < -0.3 is 4.74 Å². The highest BCUT2D eigenvalue weighted by molar-refractivity contribution is 6.06. The summed E-state index contributed by atoms with van der Waals surface area (Å²) < 4.78 is 8.85. The predicted molar refractivity (Wildman–Crippen MR) is 135 cm³/mol. The number of rotatable bonds is 0. The first-order chi connectivity index (χ1) is 16.1. The van der Waals surface area contributed by atoms with Crippen LogP contribution in [0.5, 0.6) is 5.75 Å². The number of aromatic nitrogens is 1. The number of benzene rings is 5. The average molecular weight is 425 g/mol. The van der Waals surface area contributed by atoms with Crippen LogP contribution < -0.4 is 9.30 Å². The van der Waals surface area contributed by atoms with Crippen molar-refractivity contribution in [3.63, 3.8) is 0 Å². The Labute approximate surface area is 191 Å². The molecule has 0 atom stereocenters. The van der Waals surface area contributed by atoms with E-state index in [0.717, 1.165) is 5.75 Å². The van der Waals surface area contributed by atoms with Gasteiger partial charge in [0, 0.05) is 22.4 Å². The zero-order chi connectivity index (χ0) is 21.9. The molecule has 0 radical (unpaired) electrons. The lowest BCUT2D eigenvalue weighted by molar-refractivity contribution is -0.693. The number of hydrogen-bond acceptors (Lipinski definition) is 1. The van der Waals surface area contributed by atoms with Crippen molar-refractivity contribution in [2.75, 3.05) is 0 Å². The summed E-state index contributed by atoms with van der Waals surface area (Å²) in [6.45, 7) is 5.29. The molecule has 0 saturated carbocycles. The van der Waals surface area contributed by atoms with Gasteiger partial charge in [-0.05, 0) is 68.2 Å². The highest BCUT2D eigenvalue weighted by atomic mass is 16.5. The van der Waals surface area contributed by atoms with Crippen LogP contribution in [-0.4, -0.2) is 0 Å². The third-order valence-electron chi connectivity index (χ3n) is 7.87. The molecule has 1 aliphatic carbocycles. The molecule has 1 aromatic heterocycles. The minimum absolute atomic E-state index is 0.114. The van der Waals surface area contributed by atoms with E-state index in [1.807, 2.05) is 0 Å². The fraction of sp³-hybridized carbons (Fsp3) is 0.129. The second kappa shape index (κ2) is 5.71. The van der Waals surface area contributed by atoms with Crippen LogP contribution in [0.2, 0.25) is 0 Å². The van der Waals surface area contributed by atoms with Crippen molar-refractivity contribution in [3.05, 3.63) is 96.1 Å². The van der Waals surface area contributed by atoms with Crippen molar-refractivity contribution in [1.82, 2.24) is 0 Å². The number of fused-ring (bicyclic) bond motifs is 6. The normalized spacial score (nSPS) is 15.3. The molecule has 156 valence electrons. The molecular formula is C31H22NO+. The molecule has 5 aromatic carbocycles. The van der Waals surface area contributed by atoms with Crippen molar-refractivity contribution in [2.24, 2.45) is 0 Å². The molecular weight excluding hydrogens is 402 g/mol. The molecule has 1 aliphatic heterocycles. The van der Waals surface area contributed by atoms with Crippen molar-refractivity contribution in [2.45, 2.75) is 26.0 Å². The molecule has 2 heterocycles. The molecule has 2 nitrogen and oxygen atoms in total. The monoisotopic (exact) mass is 424 g/mol. The van der Waals surface area contributed by atoms with Crippen LogP contribution in [0.1, 0.15) is 25.0 Å². The molecule has 2 aliphatic rings. The lowest BCUT2D eigenvalue weighted by Gasteiger charge is -2.22. The van der Waals surface area contributed by atoms with Crippen LogP contribution in [0, 0.1) is 0 Å². The van der Waals surface area contributed by atoms with E-state index >= 15 is 0 Å². The number of pyridine rings is 1. The van der Waals surface area contributed by atoms with E-state index < -0.39 is 0 Å². The maximum Gasteiger partial charge on any atom is 0.293 e. The third-order valence-corrected chi connectivity index (χ3v) is 7.87. The van der Waals surface area contributed by atoms with Crippen LogP contribution in [-0.2, 0) is 12.1 Å². The van der Waals surface area contributed by atoms with Gasteiger partial charge in [-0.25, -0.2) is 0 Å². The van der Waals surface area contributed by atoms with Gasteiger partial charge in [0.15, 0.2) is 0 Å². The number of ether oxygens (including phenoxy) is 1. The van der Waals surface area contributed by atoms with Crippen LogP contribution in [0.4, 0.5) is 0 Å². The van der Waals surface area contributed by atoms with Gasteiger partial charge in [-0.15, -0.1) is 0 Å². The summed E-state index contributed by atoms with van der Waals surface area (Å²) in [7, 11) is 0. The number of nitrogens with zero attached hydrogens (tertiary/aromatic N) is 1. The van der Waals surface area contributed by atoms with Crippen LogP contribution in [0.3, 0.4) is 0 Å². The van der Waals surface area contributed by atoms with E-state index in [4.69, 9.17) is 4.74 Å². The average Bonchev–Trinajstić information content (AvgIpc) is 3.07. The fourth-order valence-corrected chi connectivity index (χ4v) is 6.30. The molecule has 0 N–H and O–H groups in total. The Balaban J connectivity index is 1.55. The Morgan fingerprint density at radius 1 is 0.697 bits per heavy atom. The maximum absolute atomic E-state index is 6.46. The molecule has 0 unspecified atom stereocenters.